The van der Waals surface area contributed by atoms with Gasteiger partial charge in [0.1, 0.15) is 23.9 Å². The number of amides is 3. The highest BCUT2D eigenvalue weighted by Crippen LogP contribution is 2.12. The van der Waals surface area contributed by atoms with Crippen molar-refractivity contribution in [3.8, 4) is 5.75 Å². The van der Waals surface area contributed by atoms with Gasteiger partial charge in [0.05, 0.1) is 12.6 Å². The van der Waals surface area contributed by atoms with Gasteiger partial charge in [-0.05, 0) is 43.4 Å². The molecule has 0 aliphatic heterocycles. The largest absolute Gasteiger partial charge is 0.508 e. The minimum Gasteiger partial charge on any atom is -0.508 e. The SMILES string of the molecule is NC(N)=NCCCC(N)C(=O)NC(CCCN=C(N)N)C(=O)NC(Cc1ccc(O)cc1)C(=O)NC(CO)C(=O)O. The van der Waals surface area contributed by atoms with Gasteiger partial charge in [0.25, 0.3) is 0 Å². The first-order valence-electron chi connectivity index (χ1n) is 12.7. The highest BCUT2D eigenvalue weighted by atomic mass is 16.4. The molecular weight excluding hydrogens is 540 g/mol. The summed E-state index contributed by atoms with van der Waals surface area (Å²) in [5, 5.41) is 35.4. The summed E-state index contributed by atoms with van der Waals surface area (Å²) in [6.45, 7) is -0.475. The third-order valence-corrected chi connectivity index (χ3v) is 5.69. The second kappa shape index (κ2) is 17.9. The fourth-order valence-corrected chi connectivity index (χ4v) is 3.51. The number of guanidine groups is 2. The molecule has 16 N–H and O–H groups in total. The van der Waals surface area contributed by atoms with Gasteiger partial charge < -0.3 is 59.9 Å². The summed E-state index contributed by atoms with van der Waals surface area (Å²) in [6.07, 6.45) is 0.856. The average molecular weight is 581 g/mol. The fourth-order valence-electron chi connectivity index (χ4n) is 3.51. The Morgan fingerprint density at radius 3 is 1.76 bits per heavy atom. The fraction of sp³-hybridized carbons (Fsp3) is 0.500. The van der Waals surface area contributed by atoms with Crippen molar-refractivity contribution >= 4 is 35.6 Å². The molecule has 0 radical (unpaired) electrons. The topological polar surface area (TPSA) is 320 Å². The first-order chi connectivity index (χ1) is 19.3. The van der Waals surface area contributed by atoms with Crippen LogP contribution < -0.4 is 44.6 Å². The molecule has 17 nitrogen and oxygen atoms in total. The van der Waals surface area contributed by atoms with E-state index in [-0.39, 0.29) is 56.4 Å². The summed E-state index contributed by atoms with van der Waals surface area (Å²) in [5.74, 6) is -4.04. The molecule has 3 amide bonds. The Labute approximate surface area is 236 Å². The number of aliphatic imine (C=N–C) groups is 2. The molecule has 1 aromatic rings. The summed E-state index contributed by atoms with van der Waals surface area (Å²) in [4.78, 5) is 58.1. The van der Waals surface area contributed by atoms with Crippen molar-refractivity contribution in [1.29, 1.82) is 0 Å². The zero-order valence-electron chi connectivity index (χ0n) is 22.5. The quantitative estimate of drug-likeness (QED) is 0.0448. The molecule has 4 unspecified atom stereocenters. The Morgan fingerprint density at radius 2 is 1.24 bits per heavy atom. The van der Waals surface area contributed by atoms with Crippen molar-refractivity contribution in [2.75, 3.05) is 19.7 Å². The number of aliphatic hydroxyl groups is 1. The summed E-state index contributed by atoms with van der Waals surface area (Å²) >= 11 is 0. The number of aliphatic hydroxyl groups excluding tert-OH is 1. The van der Waals surface area contributed by atoms with E-state index in [2.05, 4.69) is 25.9 Å². The summed E-state index contributed by atoms with van der Waals surface area (Å²) in [7, 11) is 0. The van der Waals surface area contributed by atoms with Gasteiger partial charge in [-0.25, -0.2) is 4.79 Å². The molecule has 0 aliphatic carbocycles. The van der Waals surface area contributed by atoms with Crippen LogP contribution in [0.15, 0.2) is 34.3 Å². The van der Waals surface area contributed by atoms with Crippen LogP contribution in [0.1, 0.15) is 31.2 Å². The van der Waals surface area contributed by atoms with E-state index >= 15 is 0 Å². The zero-order valence-corrected chi connectivity index (χ0v) is 22.5. The smallest absolute Gasteiger partial charge is 0.328 e. The number of rotatable bonds is 18. The van der Waals surface area contributed by atoms with Crippen molar-refractivity contribution < 1.29 is 34.5 Å². The first kappa shape index (κ1) is 34.4. The maximum Gasteiger partial charge on any atom is 0.328 e. The lowest BCUT2D eigenvalue weighted by atomic mass is 10.0. The molecule has 0 bridgehead atoms. The van der Waals surface area contributed by atoms with E-state index in [1.54, 1.807) is 0 Å². The van der Waals surface area contributed by atoms with Crippen LogP contribution in [-0.4, -0.2) is 94.8 Å². The molecule has 0 fully saturated rings. The number of carbonyl (C=O) groups is 4. The van der Waals surface area contributed by atoms with Crippen molar-refractivity contribution in [2.24, 2.45) is 38.7 Å². The number of benzene rings is 1. The number of nitrogens with two attached hydrogens (primary N) is 5. The molecule has 228 valence electrons. The van der Waals surface area contributed by atoms with E-state index in [0.29, 0.717) is 12.0 Å². The number of aromatic hydroxyl groups is 1. The number of aliphatic carboxylic acids is 1. The minimum atomic E-state index is -1.62. The number of phenolic OH excluding ortho intramolecular Hbond substituents is 1. The molecule has 0 saturated heterocycles. The Kier molecular flexibility index (Phi) is 15.0. The Hall–Kier alpha value is -4.64. The lowest BCUT2D eigenvalue weighted by molar-refractivity contribution is -0.143. The van der Waals surface area contributed by atoms with Crippen LogP contribution >= 0.6 is 0 Å². The number of hydrogen-bond acceptors (Lipinski definition) is 9. The van der Waals surface area contributed by atoms with Gasteiger partial charge in [0.15, 0.2) is 11.9 Å². The highest BCUT2D eigenvalue weighted by molar-refractivity contribution is 5.94. The van der Waals surface area contributed by atoms with Crippen molar-refractivity contribution in [2.45, 2.75) is 56.3 Å². The second-order valence-electron chi connectivity index (χ2n) is 9.08. The molecule has 1 rings (SSSR count). The van der Waals surface area contributed by atoms with E-state index in [9.17, 15) is 34.5 Å². The Balaban J connectivity index is 3.10. The predicted molar refractivity (Wildman–Crippen MR) is 150 cm³/mol. The Morgan fingerprint density at radius 1 is 0.756 bits per heavy atom. The molecule has 41 heavy (non-hydrogen) atoms. The lowest BCUT2D eigenvalue weighted by Crippen LogP contribution is -2.58. The molecule has 0 aliphatic rings. The standard InChI is InChI=1S/C24H40N10O7/c25-15(3-1-9-30-23(26)27)19(37)32-16(4-2-10-31-24(28)29)20(38)33-17(11-13-5-7-14(36)8-6-13)21(39)34-18(12-35)22(40)41/h5-8,15-18,35-36H,1-4,9-12,25H2,(H,32,37)(H,33,38)(H,34,39)(H,40,41)(H4,26,27,30)(H4,28,29,31). The van der Waals surface area contributed by atoms with Gasteiger partial charge in [-0.1, -0.05) is 12.1 Å². The van der Waals surface area contributed by atoms with Gasteiger partial charge in [-0.15, -0.1) is 0 Å². The van der Waals surface area contributed by atoms with Crippen LogP contribution in [0.3, 0.4) is 0 Å². The monoisotopic (exact) mass is 580 g/mol. The maximum absolute atomic E-state index is 13.3. The summed E-state index contributed by atoms with van der Waals surface area (Å²) < 4.78 is 0. The molecule has 17 heteroatoms. The van der Waals surface area contributed by atoms with Gasteiger partial charge in [0, 0.05) is 19.5 Å². The predicted octanol–water partition coefficient (Wildman–Crippen LogP) is -4.10. The average Bonchev–Trinajstić information content (AvgIpc) is 2.91. The number of carbonyl (C=O) groups excluding carboxylic acids is 3. The summed E-state index contributed by atoms with van der Waals surface area (Å²) in [6, 6.07) is 0.691. The maximum atomic E-state index is 13.3. The van der Waals surface area contributed by atoms with Crippen LogP contribution in [-0.2, 0) is 25.6 Å². The van der Waals surface area contributed by atoms with Gasteiger partial charge in [-0.3, -0.25) is 24.4 Å². The Bertz CT molecular complexity index is 1070. The normalized spacial score (nSPS) is 13.5. The van der Waals surface area contributed by atoms with Crippen LogP contribution in [0, 0.1) is 0 Å². The summed E-state index contributed by atoms with van der Waals surface area (Å²) in [5.41, 5.74) is 27.7. The van der Waals surface area contributed by atoms with Gasteiger partial charge >= 0.3 is 5.97 Å². The van der Waals surface area contributed by atoms with E-state index in [1.807, 2.05) is 0 Å². The van der Waals surface area contributed by atoms with Gasteiger partial charge in [-0.2, -0.15) is 0 Å². The number of nitrogens with one attached hydrogen (secondary N) is 3. The van der Waals surface area contributed by atoms with E-state index in [0.717, 1.165) is 0 Å². The molecule has 1 aromatic carbocycles. The molecule has 0 spiro atoms. The highest BCUT2D eigenvalue weighted by Gasteiger charge is 2.30. The van der Waals surface area contributed by atoms with Crippen molar-refractivity contribution in [1.82, 2.24) is 16.0 Å². The third kappa shape index (κ3) is 13.8. The lowest BCUT2D eigenvalue weighted by Gasteiger charge is -2.25. The first-order valence-corrected chi connectivity index (χ1v) is 12.7. The number of carboxylic acid groups (broad SMARTS) is 1. The minimum absolute atomic E-state index is 0.0248. The molecule has 0 aromatic heterocycles. The van der Waals surface area contributed by atoms with Crippen LogP contribution in [0.4, 0.5) is 0 Å². The van der Waals surface area contributed by atoms with Crippen molar-refractivity contribution in [3.05, 3.63) is 29.8 Å². The third-order valence-electron chi connectivity index (χ3n) is 5.69. The van der Waals surface area contributed by atoms with Crippen LogP contribution in [0.2, 0.25) is 0 Å². The number of nitrogens with zero attached hydrogens (tertiary/aromatic N) is 2. The van der Waals surface area contributed by atoms with E-state index < -0.39 is 54.5 Å². The van der Waals surface area contributed by atoms with Crippen molar-refractivity contribution in [3.63, 3.8) is 0 Å². The second-order valence-corrected chi connectivity index (χ2v) is 9.08. The van der Waals surface area contributed by atoms with E-state index in [4.69, 9.17) is 28.7 Å². The molecule has 0 saturated carbocycles. The van der Waals surface area contributed by atoms with Crippen LogP contribution in [0.25, 0.3) is 0 Å². The van der Waals surface area contributed by atoms with Gasteiger partial charge in [0.2, 0.25) is 17.7 Å². The molecular formula is C24H40N10O7. The molecule has 0 heterocycles. The number of phenols is 1. The zero-order chi connectivity index (χ0) is 30.9. The molecule has 4 atom stereocenters. The van der Waals surface area contributed by atoms with Crippen LogP contribution in [0.5, 0.6) is 5.75 Å². The number of carboxylic acids is 1. The van der Waals surface area contributed by atoms with E-state index in [1.165, 1.54) is 24.3 Å². The number of hydrogen-bond donors (Lipinski definition) is 11.